The molecule has 0 saturated carbocycles. The lowest BCUT2D eigenvalue weighted by atomic mass is 10.1. The van der Waals surface area contributed by atoms with Crippen molar-refractivity contribution >= 4 is 5.82 Å². The second-order valence-electron chi connectivity index (χ2n) is 4.55. The minimum absolute atomic E-state index is 0.255. The van der Waals surface area contributed by atoms with Gasteiger partial charge in [0.05, 0.1) is 18.8 Å². The fourth-order valence-corrected chi connectivity index (χ4v) is 2.29. The monoisotopic (exact) mass is 235 g/mol. The van der Waals surface area contributed by atoms with E-state index in [0.717, 1.165) is 31.0 Å². The van der Waals surface area contributed by atoms with Crippen LogP contribution in [0.5, 0.6) is 0 Å². The number of nitrogens with zero attached hydrogens (tertiary/aromatic N) is 2. The first kappa shape index (κ1) is 12.3. The molecular formula is C13H21N3O. The van der Waals surface area contributed by atoms with Crippen LogP contribution >= 0.6 is 0 Å². The van der Waals surface area contributed by atoms with Crippen molar-refractivity contribution in [1.82, 2.24) is 4.98 Å². The van der Waals surface area contributed by atoms with E-state index in [0.29, 0.717) is 12.6 Å². The fourth-order valence-electron chi connectivity index (χ4n) is 2.29. The number of hydrogen-bond acceptors (Lipinski definition) is 4. The summed E-state index contributed by atoms with van der Waals surface area (Å²) in [5.74, 6) is 1.03. The smallest absolute Gasteiger partial charge is 0.133 e. The summed E-state index contributed by atoms with van der Waals surface area (Å²) in [5.41, 5.74) is 6.89. The molecule has 0 aromatic carbocycles. The summed E-state index contributed by atoms with van der Waals surface area (Å²) in [6.45, 7) is 6.48. The van der Waals surface area contributed by atoms with E-state index in [9.17, 15) is 0 Å². The van der Waals surface area contributed by atoms with Crippen molar-refractivity contribution in [3.8, 4) is 0 Å². The average molecular weight is 235 g/mol. The predicted octanol–water partition coefficient (Wildman–Crippen LogP) is 1.54. The maximum Gasteiger partial charge on any atom is 0.133 e. The van der Waals surface area contributed by atoms with Crippen LogP contribution in [0, 0.1) is 0 Å². The van der Waals surface area contributed by atoms with E-state index in [-0.39, 0.29) is 6.10 Å². The van der Waals surface area contributed by atoms with Crippen LogP contribution in [-0.2, 0) is 11.3 Å². The molecule has 2 N–H and O–H groups in total. The number of aromatic nitrogens is 1. The highest BCUT2D eigenvalue weighted by atomic mass is 16.5. The van der Waals surface area contributed by atoms with Gasteiger partial charge in [0, 0.05) is 24.8 Å². The van der Waals surface area contributed by atoms with Gasteiger partial charge in [-0.15, -0.1) is 0 Å². The Morgan fingerprint density at radius 3 is 3.12 bits per heavy atom. The minimum atomic E-state index is 0.255. The molecule has 0 amide bonds. The molecule has 4 nitrogen and oxygen atoms in total. The molecule has 1 saturated heterocycles. The number of rotatable bonds is 3. The van der Waals surface area contributed by atoms with E-state index in [1.165, 1.54) is 0 Å². The summed E-state index contributed by atoms with van der Waals surface area (Å²) < 4.78 is 5.71. The molecule has 1 aliphatic rings. The molecule has 1 aromatic heterocycles. The normalized spacial score (nSPS) is 25.0. The van der Waals surface area contributed by atoms with Crippen LogP contribution in [0.4, 0.5) is 5.82 Å². The zero-order valence-corrected chi connectivity index (χ0v) is 10.6. The molecular weight excluding hydrogens is 214 g/mol. The topological polar surface area (TPSA) is 51.4 Å². The first-order valence-corrected chi connectivity index (χ1v) is 6.28. The third-order valence-electron chi connectivity index (χ3n) is 3.30. The largest absolute Gasteiger partial charge is 0.375 e. The Morgan fingerprint density at radius 2 is 2.41 bits per heavy atom. The number of pyridine rings is 1. The predicted molar refractivity (Wildman–Crippen MR) is 69.0 cm³/mol. The molecule has 2 atom stereocenters. The summed E-state index contributed by atoms with van der Waals surface area (Å²) >= 11 is 0. The molecule has 4 heteroatoms. The second-order valence-corrected chi connectivity index (χ2v) is 4.55. The number of nitrogens with two attached hydrogens (primary N) is 1. The van der Waals surface area contributed by atoms with Gasteiger partial charge in [-0.25, -0.2) is 4.98 Å². The van der Waals surface area contributed by atoms with Crippen LogP contribution in [0.25, 0.3) is 0 Å². The highest BCUT2D eigenvalue weighted by molar-refractivity contribution is 5.48. The van der Waals surface area contributed by atoms with Crippen molar-refractivity contribution < 1.29 is 4.74 Å². The van der Waals surface area contributed by atoms with Gasteiger partial charge in [0.2, 0.25) is 0 Å². The summed E-state index contributed by atoms with van der Waals surface area (Å²) in [6, 6.07) is 4.40. The molecule has 17 heavy (non-hydrogen) atoms. The third kappa shape index (κ3) is 2.58. The number of hydrogen-bond donors (Lipinski definition) is 1. The summed E-state index contributed by atoms with van der Waals surface area (Å²) in [4.78, 5) is 6.84. The lowest BCUT2D eigenvalue weighted by molar-refractivity contribution is 0.0295. The molecule has 2 unspecified atom stereocenters. The quantitative estimate of drug-likeness (QED) is 0.863. The Bertz CT molecular complexity index is 369. The van der Waals surface area contributed by atoms with Gasteiger partial charge in [-0.2, -0.15) is 0 Å². The summed E-state index contributed by atoms with van der Waals surface area (Å²) in [7, 11) is 0. The molecule has 1 aromatic rings. The molecule has 94 valence electrons. The van der Waals surface area contributed by atoms with Crippen LogP contribution < -0.4 is 10.6 Å². The van der Waals surface area contributed by atoms with Gasteiger partial charge in [0.1, 0.15) is 5.82 Å². The SMILES string of the molecule is CCC1COC(C)CN1c1ncccc1CN. The molecule has 1 fully saturated rings. The van der Waals surface area contributed by atoms with Gasteiger partial charge in [-0.05, 0) is 19.4 Å². The lowest BCUT2D eigenvalue weighted by Gasteiger charge is -2.39. The van der Waals surface area contributed by atoms with E-state index < -0.39 is 0 Å². The maximum absolute atomic E-state index is 5.78. The molecule has 0 spiro atoms. The van der Waals surface area contributed by atoms with Crippen molar-refractivity contribution in [3.05, 3.63) is 23.9 Å². The molecule has 2 rings (SSSR count). The van der Waals surface area contributed by atoms with Gasteiger partial charge in [0.25, 0.3) is 0 Å². The Morgan fingerprint density at radius 1 is 1.59 bits per heavy atom. The summed E-state index contributed by atoms with van der Waals surface area (Å²) in [6.07, 6.45) is 3.15. The van der Waals surface area contributed by atoms with E-state index in [4.69, 9.17) is 10.5 Å². The van der Waals surface area contributed by atoms with Gasteiger partial charge < -0.3 is 15.4 Å². The molecule has 0 aliphatic carbocycles. The van der Waals surface area contributed by atoms with Crippen molar-refractivity contribution in [3.63, 3.8) is 0 Å². The Balaban J connectivity index is 2.28. The fraction of sp³-hybridized carbons (Fsp3) is 0.615. The van der Waals surface area contributed by atoms with E-state index in [2.05, 4.69) is 29.8 Å². The van der Waals surface area contributed by atoms with Crippen LogP contribution in [0.1, 0.15) is 25.8 Å². The van der Waals surface area contributed by atoms with Crippen LogP contribution in [-0.4, -0.2) is 30.3 Å². The van der Waals surface area contributed by atoms with Gasteiger partial charge >= 0.3 is 0 Å². The van der Waals surface area contributed by atoms with Crippen molar-refractivity contribution in [1.29, 1.82) is 0 Å². The first-order chi connectivity index (χ1) is 8.26. The van der Waals surface area contributed by atoms with Gasteiger partial charge in [0.15, 0.2) is 0 Å². The van der Waals surface area contributed by atoms with Crippen LogP contribution in [0.3, 0.4) is 0 Å². The number of ether oxygens (including phenoxy) is 1. The Labute approximate surface area is 103 Å². The zero-order valence-electron chi connectivity index (χ0n) is 10.6. The standard InChI is InChI=1S/C13H21N3O/c1-3-12-9-17-10(2)8-16(12)13-11(7-14)5-4-6-15-13/h4-6,10,12H,3,7-9,14H2,1-2H3. The second kappa shape index (κ2) is 5.47. The number of anilines is 1. The Kier molecular flexibility index (Phi) is 3.97. The zero-order chi connectivity index (χ0) is 12.3. The highest BCUT2D eigenvalue weighted by Gasteiger charge is 2.27. The minimum Gasteiger partial charge on any atom is -0.375 e. The molecule has 1 aliphatic heterocycles. The molecule has 0 bridgehead atoms. The van der Waals surface area contributed by atoms with Crippen LogP contribution in [0.2, 0.25) is 0 Å². The highest BCUT2D eigenvalue weighted by Crippen LogP contribution is 2.24. The first-order valence-electron chi connectivity index (χ1n) is 6.28. The van der Waals surface area contributed by atoms with Crippen molar-refractivity contribution in [2.75, 3.05) is 18.1 Å². The molecule has 0 radical (unpaired) electrons. The summed E-state index contributed by atoms with van der Waals surface area (Å²) in [5, 5.41) is 0. The average Bonchev–Trinajstić information content (AvgIpc) is 2.38. The van der Waals surface area contributed by atoms with Crippen molar-refractivity contribution in [2.24, 2.45) is 5.73 Å². The van der Waals surface area contributed by atoms with Crippen molar-refractivity contribution in [2.45, 2.75) is 39.0 Å². The van der Waals surface area contributed by atoms with E-state index in [1.54, 1.807) is 0 Å². The maximum atomic E-state index is 5.78. The third-order valence-corrected chi connectivity index (χ3v) is 3.30. The van der Waals surface area contributed by atoms with E-state index >= 15 is 0 Å². The number of morpholine rings is 1. The van der Waals surface area contributed by atoms with Crippen LogP contribution in [0.15, 0.2) is 18.3 Å². The Hall–Kier alpha value is -1.13. The lowest BCUT2D eigenvalue weighted by Crippen LogP contribution is -2.49. The molecule has 2 heterocycles. The van der Waals surface area contributed by atoms with Gasteiger partial charge in [-0.1, -0.05) is 13.0 Å². The van der Waals surface area contributed by atoms with Gasteiger partial charge in [-0.3, -0.25) is 0 Å². The van der Waals surface area contributed by atoms with E-state index in [1.807, 2.05) is 12.3 Å².